The molecule has 0 amide bonds. The molecule has 1 nitrogen and oxygen atoms in total. The summed E-state index contributed by atoms with van der Waals surface area (Å²) in [5, 5.41) is 5.05. The van der Waals surface area contributed by atoms with Gasteiger partial charge in [0.05, 0.1) is 0 Å². The summed E-state index contributed by atoms with van der Waals surface area (Å²) in [4.78, 5) is 0. The molecule has 1 heterocycles. The Bertz CT molecular complexity index is 77.0. The highest BCUT2D eigenvalue weighted by molar-refractivity contribution is 8.00. The van der Waals surface area contributed by atoms with Crippen LogP contribution in [0.25, 0.3) is 0 Å². The second-order valence-corrected chi connectivity index (χ2v) is 4.68. The Kier molecular flexibility index (Phi) is 2.86. The lowest BCUT2D eigenvalue weighted by Gasteiger charge is -2.09. The summed E-state index contributed by atoms with van der Waals surface area (Å²) in [6.07, 6.45) is 1.36. The molecule has 1 unspecified atom stereocenters. The quantitative estimate of drug-likeness (QED) is 0.632. The molecule has 9 heavy (non-hydrogen) atoms. The van der Waals surface area contributed by atoms with Gasteiger partial charge in [-0.3, -0.25) is 0 Å². The summed E-state index contributed by atoms with van der Waals surface area (Å²) in [7, 11) is 0. The maximum atomic E-state index is 3.36. The predicted molar refractivity (Wildman–Crippen MR) is 44.0 cm³/mol. The number of hydrogen-bond donors (Lipinski definition) is 1. The van der Waals surface area contributed by atoms with Crippen molar-refractivity contribution in [2.45, 2.75) is 30.8 Å². The first-order valence-corrected chi connectivity index (χ1v) is 4.59. The Morgan fingerprint density at radius 1 is 1.56 bits per heavy atom. The fourth-order valence-corrected chi connectivity index (χ4v) is 2.37. The fourth-order valence-electron chi connectivity index (χ4n) is 1.13. The highest BCUT2D eigenvalue weighted by Crippen LogP contribution is 2.21. The van der Waals surface area contributed by atoms with Crippen LogP contribution in [-0.2, 0) is 0 Å². The molecule has 0 aromatic rings. The van der Waals surface area contributed by atoms with Crippen molar-refractivity contribution in [1.82, 2.24) is 5.32 Å². The molecule has 2 heteroatoms. The van der Waals surface area contributed by atoms with E-state index in [1.165, 1.54) is 19.5 Å². The SMILES string of the molecule is CC(C)SC1CCNC1. The van der Waals surface area contributed by atoms with E-state index in [0.29, 0.717) is 0 Å². The van der Waals surface area contributed by atoms with Crippen molar-refractivity contribution in [2.75, 3.05) is 13.1 Å². The molecule has 0 aromatic carbocycles. The van der Waals surface area contributed by atoms with E-state index in [4.69, 9.17) is 0 Å². The minimum Gasteiger partial charge on any atom is -0.316 e. The monoisotopic (exact) mass is 145 g/mol. The first-order valence-electron chi connectivity index (χ1n) is 3.65. The van der Waals surface area contributed by atoms with Crippen molar-refractivity contribution < 1.29 is 0 Å². The van der Waals surface area contributed by atoms with Crippen LogP contribution in [0.3, 0.4) is 0 Å². The van der Waals surface area contributed by atoms with E-state index in [9.17, 15) is 0 Å². The summed E-state index contributed by atoms with van der Waals surface area (Å²) in [6, 6.07) is 0. The molecule has 0 aliphatic carbocycles. The predicted octanol–water partition coefficient (Wildman–Crippen LogP) is 1.49. The summed E-state index contributed by atoms with van der Waals surface area (Å²) < 4.78 is 0. The molecule has 0 radical (unpaired) electrons. The smallest absolute Gasteiger partial charge is 0.0187 e. The zero-order valence-electron chi connectivity index (χ0n) is 6.18. The van der Waals surface area contributed by atoms with Crippen LogP contribution in [0.5, 0.6) is 0 Å². The van der Waals surface area contributed by atoms with Crippen LogP contribution in [0, 0.1) is 0 Å². The van der Waals surface area contributed by atoms with Crippen molar-refractivity contribution in [3.8, 4) is 0 Å². The van der Waals surface area contributed by atoms with Crippen LogP contribution in [0.15, 0.2) is 0 Å². The van der Waals surface area contributed by atoms with Crippen LogP contribution in [0.1, 0.15) is 20.3 Å². The Morgan fingerprint density at radius 2 is 2.33 bits per heavy atom. The Morgan fingerprint density at radius 3 is 2.78 bits per heavy atom. The van der Waals surface area contributed by atoms with Gasteiger partial charge in [0.25, 0.3) is 0 Å². The zero-order chi connectivity index (χ0) is 6.69. The molecule has 1 N–H and O–H groups in total. The molecule has 1 fully saturated rings. The lowest BCUT2D eigenvalue weighted by atomic mass is 10.4. The first-order chi connectivity index (χ1) is 4.29. The van der Waals surface area contributed by atoms with Gasteiger partial charge in [0.15, 0.2) is 0 Å². The summed E-state index contributed by atoms with van der Waals surface area (Å²) in [5.41, 5.74) is 0. The van der Waals surface area contributed by atoms with Crippen LogP contribution in [0.4, 0.5) is 0 Å². The van der Waals surface area contributed by atoms with Crippen molar-refractivity contribution in [1.29, 1.82) is 0 Å². The normalized spacial score (nSPS) is 27.7. The highest BCUT2D eigenvalue weighted by Gasteiger charge is 2.15. The van der Waals surface area contributed by atoms with E-state index in [1.807, 2.05) is 0 Å². The van der Waals surface area contributed by atoms with Crippen LogP contribution >= 0.6 is 11.8 Å². The summed E-state index contributed by atoms with van der Waals surface area (Å²) in [6.45, 7) is 6.99. The van der Waals surface area contributed by atoms with E-state index in [0.717, 1.165) is 10.5 Å². The molecule has 1 atom stereocenters. The third-order valence-electron chi connectivity index (χ3n) is 1.48. The topological polar surface area (TPSA) is 12.0 Å². The van der Waals surface area contributed by atoms with Crippen LogP contribution in [-0.4, -0.2) is 23.6 Å². The van der Waals surface area contributed by atoms with Gasteiger partial charge in [0.1, 0.15) is 0 Å². The standard InChI is InChI=1S/C7H15NS/c1-6(2)9-7-3-4-8-5-7/h6-8H,3-5H2,1-2H3. The second-order valence-electron chi connectivity index (χ2n) is 2.80. The van der Waals surface area contributed by atoms with E-state index in [2.05, 4.69) is 30.9 Å². The average Bonchev–Trinajstić information content (AvgIpc) is 2.15. The Labute approximate surface area is 61.6 Å². The molecular formula is C7H15NS. The number of hydrogen-bond acceptors (Lipinski definition) is 2. The summed E-state index contributed by atoms with van der Waals surface area (Å²) >= 11 is 2.10. The van der Waals surface area contributed by atoms with E-state index < -0.39 is 0 Å². The van der Waals surface area contributed by atoms with Gasteiger partial charge in [0.2, 0.25) is 0 Å². The fraction of sp³-hybridized carbons (Fsp3) is 1.00. The minimum atomic E-state index is 0.801. The molecule has 1 aliphatic rings. The largest absolute Gasteiger partial charge is 0.316 e. The van der Waals surface area contributed by atoms with Gasteiger partial charge in [0, 0.05) is 11.8 Å². The van der Waals surface area contributed by atoms with Gasteiger partial charge in [-0.2, -0.15) is 11.8 Å². The zero-order valence-corrected chi connectivity index (χ0v) is 7.00. The lowest BCUT2D eigenvalue weighted by molar-refractivity contribution is 0.858. The molecule has 54 valence electrons. The maximum Gasteiger partial charge on any atom is 0.0187 e. The third kappa shape index (κ3) is 2.59. The van der Waals surface area contributed by atoms with Crippen molar-refractivity contribution in [3.63, 3.8) is 0 Å². The van der Waals surface area contributed by atoms with E-state index in [-0.39, 0.29) is 0 Å². The molecular weight excluding hydrogens is 130 g/mol. The molecule has 0 spiro atoms. The van der Waals surface area contributed by atoms with Gasteiger partial charge in [-0.05, 0) is 18.2 Å². The van der Waals surface area contributed by atoms with E-state index >= 15 is 0 Å². The molecule has 1 rings (SSSR count). The van der Waals surface area contributed by atoms with Gasteiger partial charge in [-0.15, -0.1) is 0 Å². The molecule has 1 saturated heterocycles. The van der Waals surface area contributed by atoms with Crippen LogP contribution in [0.2, 0.25) is 0 Å². The van der Waals surface area contributed by atoms with Crippen LogP contribution < -0.4 is 5.32 Å². The Balaban J connectivity index is 2.11. The first kappa shape index (κ1) is 7.42. The molecule has 0 saturated carbocycles. The minimum absolute atomic E-state index is 0.801. The van der Waals surface area contributed by atoms with Gasteiger partial charge < -0.3 is 5.32 Å². The third-order valence-corrected chi connectivity index (χ3v) is 2.81. The van der Waals surface area contributed by atoms with Crippen molar-refractivity contribution >= 4 is 11.8 Å². The van der Waals surface area contributed by atoms with Gasteiger partial charge in [-0.1, -0.05) is 13.8 Å². The number of nitrogens with one attached hydrogen (secondary N) is 1. The van der Waals surface area contributed by atoms with E-state index in [1.54, 1.807) is 0 Å². The van der Waals surface area contributed by atoms with Crippen molar-refractivity contribution in [3.05, 3.63) is 0 Å². The lowest BCUT2D eigenvalue weighted by Crippen LogP contribution is -2.11. The number of rotatable bonds is 2. The van der Waals surface area contributed by atoms with Crippen molar-refractivity contribution in [2.24, 2.45) is 0 Å². The Hall–Kier alpha value is 0.310. The number of thioether (sulfide) groups is 1. The molecule has 0 bridgehead atoms. The highest BCUT2D eigenvalue weighted by atomic mass is 32.2. The van der Waals surface area contributed by atoms with Gasteiger partial charge in [-0.25, -0.2) is 0 Å². The summed E-state index contributed by atoms with van der Waals surface area (Å²) in [5.74, 6) is 0. The molecule has 1 aliphatic heterocycles. The average molecular weight is 145 g/mol. The van der Waals surface area contributed by atoms with Gasteiger partial charge >= 0.3 is 0 Å². The second kappa shape index (κ2) is 3.47. The maximum absolute atomic E-state index is 3.36. The molecule has 0 aromatic heterocycles.